The number of hydrogen-bond acceptors (Lipinski definition) is 5. The van der Waals surface area contributed by atoms with E-state index in [1.165, 1.54) is 9.80 Å². The van der Waals surface area contributed by atoms with Crippen molar-refractivity contribution in [3.63, 3.8) is 0 Å². The molecular weight excluding hydrogens is 802 g/mol. The van der Waals surface area contributed by atoms with Gasteiger partial charge < -0.3 is 4.90 Å². The second kappa shape index (κ2) is 11.5. The minimum absolute atomic E-state index is 0.0552. The number of halogens is 4. The molecule has 0 aromatic rings. The molecule has 7 aliphatic rings. The lowest BCUT2D eigenvalue weighted by Crippen LogP contribution is -2.52. The molecular formula is C30H37Br4N3O5. The fourth-order valence-electron chi connectivity index (χ4n) is 9.78. The first-order chi connectivity index (χ1) is 20.1. The van der Waals surface area contributed by atoms with Crippen molar-refractivity contribution in [3.05, 3.63) is 0 Å². The van der Waals surface area contributed by atoms with E-state index in [2.05, 4.69) is 63.7 Å². The third-order valence-corrected chi connectivity index (χ3v) is 18.1. The van der Waals surface area contributed by atoms with Crippen LogP contribution in [0.25, 0.3) is 0 Å². The van der Waals surface area contributed by atoms with Crippen molar-refractivity contribution in [2.24, 2.45) is 47.3 Å². The summed E-state index contributed by atoms with van der Waals surface area (Å²) in [7, 11) is 0. The second-order valence-electron chi connectivity index (χ2n) is 13.6. The number of rotatable bonds is 7. The van der Waals surface area contributed by atoms with Crippen LogP contribution in [0.2, 0.25) is 0 Å². The fraction of sp³-hybridized carbons (Fsp3) is 0.833. The van der Waals surface area contributed by atoms with Gasteiger partial charge in [0.1, 0.15) is 6.04 Å². The first-order valence-electron chi connectivity index (χ1n) is 15.7. The number of imide groups is 2. The first-order valence-corrected chi connectivity index (χ1v) is 19.4. The zero-order valence-corrected chi connectivity index (χ0v) is 29.7. The molecule has 12 heteroatoms. The molecule has 0 aromatic heterocycles. The molecule has 7 rings (SSSR count). The van der Waals surface area contributed by atoms with Crippen LogP contribution < -0.4 is 0 Å². The third-order valence-electron chi connectivity index (χ3n) is 11.7. The van der Waals surface area contributed by atoms with Crippen LogP contribution in [0.3, 0.4) is 0 Å². The van der Waals surface area contributed by atoms with Crippen molar-refractivity contribution in [2.75, 3.05) is 19.6 Å². The molecule has 3 aliphatic heterocycles. The quantitative estimate of drug-likeness (QED) is 0.214. The maximum absolute atomic E-state index is 14.0. The van der Waals surface area contributed by atoms with Crippen molar-refractivity contribution in [2.45, 2.75) is 83.1 Å². The summed E-state index contributed by atoms with van der Waals surface area (Å²) >= 11 is 15.0. The molecule has 13 atom stereocenters. The predicted octanol–water partition coefficient (Wildman–Crippen LogP) is 4.48. The lowest BCUT2D eigenvalue weighted by atomic mass is 9.81. The van der Waals surface area contributed by atoms with Gasteiger partial charge >= 0.3 is 0 Å². The highest BCUT2D eigenvalue weighted by Crippen LogP contribution is 2.61. The lowest BCUT2D eigenvalue weighted by molar-refractivity contribution is -0.152. The average Bonchev–Trinajstić information content (AvgIpc) is 3.73. The van der Waals surface area contributed by atoms with E-state index in [9.17, 15) is 24.0 Å². The van der Waals surface area contributed by atoms with Gasteiger partial charge in [-0.3, -0.25) is 33.8 Å². The topological polar surface area (TPSA) is 95.1 Å². The smallest absolute Gasteiger partial charge is 0.245 e. The second-order valence-corrected chi connectivity index (χ2v) is 17.9. The van der Waals surface area contributed by atoms with Crippen molar-refractivity contribution in [1.29, 1.82) is 0 Å². The minimum atomic E-state index is -0.820. The van der Waals surface area contributed by atoms with Gasteiger partial charge in [0.2, 0.25) is 29.5 Å². The molecule has 42 heavy (non-hydrogen) atoms. The van der Waals surface area contributed by atoms with Gasteiger partial charge in [-0.1, -0.05) is 76.6 Å². The molecule has 0 N–H and O–H groups in total. The SMILES string of the molecule is O=C([C@H](CCCCN1C(=O)[C@@H]2[C@H]3C[C@@H]([C@H](Br)[C@@H]3Br)[C@@H]2C1=O)N1C(=O)[C@@H]2[C@H]3C[C@@H]([C@H](Br)[C@H]3Br)[C@@H]2C1=O)N1CCCCCC1. The Hall–Kier alpha value is -0.330. The number of hydrogen-bond donors (Lipinski definition) is 0. The van der Waals surface area contributed by atoms with Gasteiger partial charge in [0.05, 0.1) is 23.7 Å². The molecule has 0 unspecified atom stereocenters. The third kappa shape index (κ3) is 4.43. The van der Waals surface area contributed by atoms with E-state index in [-0.39, 0.29) is 96.2 Å². The molecule has 5 amide bonds. The zero-order chi connectivity index (χ0) is 29.6. The van der Waals surface area contributed by atoms with Crippen molar-refractivity contribution >= 4 is 93.3 Å². The fourth-order valence-corrected chi connectivity index (χ4v) is 13.5. The Labute approximate surface area is 280 Å². The lowest BCUT2D eigenvalue weighted by Gasteiger charge is -2.32. The molecule has 4 saturated carbocycles. The number of carbonyl (C=O) groups is 5. The van der Waals surface area contributed by atoms with Crippen LogP contribution in [0, 0.1) is 47.3 Å². The van der Waals surface area contributed by atoms with E-state index < -0.39 is 6.04 Å². The Morgan fingerprint density at radius 3 is 1.52 bits per heavy atom. The van der Waals surface area contributed by atoms with Crippen LogP contribution in [0.4, 0.5) is 0 Å². The number of alkyl halides is 4. The van der Waals surface area contributed by atoms with Gasteiger partial charge in [-0.25, -0.2) is 0 Å². The van der Waals surface area contributed by atoms with Crippen LogP contribution in [0.5, 0.6) is 0 Å². The van der Waals surface area contributed by atoms with Crippen LogP contribution in [-0.4, -0.2) is 89.2 Å². The van der Waals surface area contributed by atoms with E-state index in [0.717, 1.165) is 38.5 Å². The largest absolute Gasteiger partial charge is 0.341 e. The van der Waals surface area contributed by atoms with Crippen LogP contribution >= 0.6 is 63.7 Å². The highest BCUT2D eigenvalue weighted by molar-refractivity contribution is 9.12. The summed E-state index contributed by atoms with van der Waals surface area (Å²) in [6, 6.07) is -0.820. The highest BCUT2D eigenvalue weighted by Gasteiger charge is 2.68. The number of fused-ring (bicyclic) bond motifs is 10. The Balaban J connectivity index is 1.05. The molecule has 3 heterocycles. The maximum atomic E-state index is 14.0. The summed E-state index contributed by atoms with van der Waals surface area (Å²) in [6.07, 6.45) is 7.23. The summed E-state index contributed by atoms with van der Waals surface area (Å²) in [5.41, 5.74) is 0. The van der Waals surface area contributed by atoms with Crippen LogP contribution in [-0.2, 0) is 24.0 Å². The molecule has 230 valence electrons. The predicted molar refractivity (Wildman–Crippen MR) is 169 cm³/mol. The molecule has 4 aliphatic carbocycles. The standard InChI is InChI=1S/C30H37Br4N3O5/c31-22-13-11-14(23(22)32)19-18(13)27(39)36(28(19)40)10-6-3-7-17(26(38)35-8-4-1-2-5-9-35)37-29(41)20-15-12-16(21(20)30(37)42)25(34)24(15)33/h13-25H,1-12H2/t13-,14-,15-,16-,17+,18-,19+,20-,21+,22-,23+,24+,25+/m1/s1. The van der Waals surface area contributed by atoms with Crippen LogP contribution in [0.1, 0.15) is 57.8 Å². The molecule has 8 nitrogen and oxygen atoms in total. The average molecular weight is 839 g/mol. The van der Waals surface area contributed by atoms with E-state index in [1.807, 2.05) is 4.90 Å². The number of nitrogens with zero attached hydrogens (tertiary/aromatic N) is 3. The number of likely N-dealkylation sites (tertiary alicyclic amines) is 3. The Bertz CT molecular complexity index is 1130. The number of amides is 5. The first kappa shape index (κ1) is 30.3. The molecule has 7 fully saturated rings. The Morgan fingerprint density at radius 1 is 0.643 bits per heavy atom. The molecule has 4 bridgehead atoms. The summed E-state index contributed by atoms with van der Waals surface area (Å²) < 4.78 is 0. The molecule has 0 spiro atoms. The maximum Gasteiger partial charge on any atom is 0.245 e. The van der Waals surface area contributed by atoms with Gasteiger partial charge in [0.15, 0.2) is 0 Å². The summed E-state index contributed by atoms with van der Waals surface area (Å²) in [5, 5.41) is 0. The van der Waals surface area contributed by atoms with Crippen LogP contribution in [0.15, 0.2) is 0 Å². The van der Waals surface area contributed by atoms with Crippen molar-refractivity contribution in [1.82, 2.24) is 14.7 Å². The molecule has 3 saturated heterocycles. The van der Waals surface area contributed by atoms with Gasteiger partial charge in [-0.05, 0) is 68.6 Å². The van der Waals surface area contributed by atoms with Gasteiger partial charge in [0.25, 0.3) is 0 Å². The van der Waals surface area contributed by atoms with Gasteiger partial charge in [-0.15, -0.1) is 0 Å². The van der Waals surface area contributed by atoms with E-state index in [4.69, 9.17) is 0 Å². The monoisotopic (exact) mass is 835 g/mol. The Kier molecular flexibility index (Phi) is 8.29. The highest BCUT2D eigenvalue weighted by atomic mass is 79.9. The summed E-state index contributed by atoms with van der Waals surface area (Å²) in [6.45, 7) is 1.63. The molecule has 0 aromatic carbocycles. The minimum Gasteiger partial charge on any atom is -0.341 e. The zero-order valence-electron chi connectivity index (χ0n) is 23.4. The Morgan fingerprint density at radius 2 is 1.07 bits per heavy atom. The van der Waals surface area contributed by atoms with E-state index in [0.29, 0.717) is 38.9 Å². The van der Waals surface area contributed by atoms with Crippen molar-refractivity contribution in [3.8, 4) is 0 Å². The number of unbranched alkanes of at least 4 members (excludes halogenated alkanes) is 1. The van der Waals surface area contributed by atoms with Crippen molar-refractivity contribution < 1.29 is 24.0 Å². The van der Waals surface area contributed by atoms with Gasteiger partial charge in [-0.2, -0.15) is 0 Å². The molecule has 0 radical (unpaired) electrons. The van der Waals surface area contributed by atoms with E-state index in [1.54, 1.807) is 0 Å². The normalized spacial score (nSPS) is 44.8. The van der Waals surface area contributed by atoms with Gasteiger partial charge in [0, 0.05) is 38.9 Å². The van der Waals surface area contributed by atoms with E-state index >= 15 is 0 Å². The number of carbonyl (C=O) groups excluding carboxylic acids is 5. The summed E-state index contributed by atoms with van der Waals surface area (Å²) in [4.78, 5) is 73.8. The summed E-state index contributed by atoms with van der Waals surface area (Å²) in [5.74, 6) is -1.22.